The lowest BCUT2D eigenvalue weighted by Gasteiger charge is -2.33. The summed E-state index contributed by atoms with van der Waals surface area (Å²) in [7, 11) is 0. The summed E-state index contributed by atoms with van der Waals surface area (Å²) in [6, 6.07) is 18.4. The maximum atomic E-state index is 12.2. The second kappa shape index (κ2) is 9.10. The van der Waals surface area contributed by atoms with Crippen LogP contribution in [0.3, 0.4) is 0 Å². The molecule has 1 aliphatic rings. The SMILES string of the molecule is O=C(/C=C/c1nc2ccccc2s1)NCC1CN(Cc2ccccc2)CCO1. The average molecular weight is 394 g/mol. The molecule has 2 aromatic carbocycles. The lowest BCUT2D eigenvalue weighted by Crippen LogP contribution is -2.46. The first-order valence-corrected chi connectivity index (χ1v) is 10.3. The number of carbonyl (C=O) groups is 1. The van der Waals surface area contributed by atoms with Gasteiger partial charge in [0.1, 0.15) is 5.01 Å². The van der Waals surface area contributed by atoms with Gasteiger partial charge in [0.25, 0.3) is 0 Å². The van der Waals surface area contributed by atoms with Gasteiger partial charge >= 0.3 is 0 Å². The van der Waals surface area contributed by atoms with E-state index in [1.807, 2.05) is 30.3 Å². The molecule has 1 unspecified atom stereocenters. The molecule has 2 heterocycles. The van der Waals surface area contributed by atoms with Crippen molar-refractivity contribution in [3.8, 4) is 0 Å². The second-order valence-electron chi connectivity index (χ2n) is 6.81. The molecular formula is C22H23N3O2S. The summed E-state index contributed by atoms with van der Waals surface area (Å²) in [4.78, 5) is 19.0. The minimum Gasteiger partial charge on any atom is -0.374 e. The van der Waals surface area contributed by atoms with Crippen LogP contribution in [0.25, 0.3) is 16.3 Å². The van der Waals surface area contributed by atoms with Crippen molar-refractivity contribution >= 4 is 33.5 Å². The number of hydrogen-bond acceptors (Lipinski definition) is 5. The van der Waals surface area contributed by atoms with Gasteiger partial charge in [-0.25, -0.2) is 4.98 Å². The Morgan fingerprint density at radius 3 is 2.89 bits per heavy atom. The Kier molecular flexibility index (Phi) is 6.11. The molecule has 3 aromatic rings. The number of para-hydroxylation sites is 1. The van der Waals surface area contributed by atoms with Crippen LogP contribution in [0.2, 0.25) is 0 Å². The van der Waals surface area contributed by atoms with Gasteiger partial charge in [0.15, 0.2) is 0 Å². The van der Waals surface area contributed by atoms with Crippen LogP contribution in [-0.4, -0.2) is 48.1 Å². The van der Waals surface area contributed by atoms with Crippen molar-refractivity contribution in [2.75, 3.05) is 26.2 Å². The predicted octanol–water partition coefficient (Wildman–Crippen LogP) is 3.33. The first-order valence-electron chi connectivity index (χ1n) is 9.45. The molecule has 5 nitrogen and oxygen atoms in total. The quantitative estimate of drug-likeness (QED) is 0.653. The standard InChI is InChI=1S/C22H23N3O2S/c26-21(10-11-22-24-19-8-4-5-9-20(19)28-22)23-14-18-16-25(12-13-27-18)15-17-6-2-1-3-7-17/h1-11,18H,12-16H2,(H,23,26)/b11-10+. The Morgan fingerprint density at radius 1 is 1.21 bits per heavy atom. The number of nitrogens with one attached hydrogen (secondary N) is 1. The molecule has 4 rings (SSSR count). The van der Waals surface area contributed by atoms with Crippen molar-refractivity contribution in [1.29, 1.82) is 0 Å². The van der Waals surface area contributed by atoms with E-state index in [0.717, 1.165) is 34.9 Å². The maximum Gasteiger partial charge on any atom is 0.244 e. The molecule has 0 saturated carbocycles. The van der Waals surface area contributed by atoms with E-state index in [-0.39, 0.29) is 12.0 Å². The molecule has 0 radical (unpaired) electrons. The normalized spacial score (nSPS) is 17.9. The topological polar surface area (TPSA) is 54.5 Å². The highest BCUT2D eigenvalue weighted by atomic mass is 32.1. The summed E-state index contributed by atoms with van der Waals surface area (Å²) in [5.41, 5.74) is 2.26. The summed E-state index contributed by atoms with van der Waals surface area (Å²) in [5.74, 6) is -0.122. The molecule has 1 fully saturated rings. The van der Waals surface area contributed by atoms with E-state index in [2.05, 4.69) is 39.5 Å². The monoisotopic (exact) mass is 393 g/mol. The third-order valence-corrected chi connectivity index (χ3v) is 5.67. The van der Waals surface area contributed by atoms with E-state index >= 15 is 0 Å². The molecule has 1 aliphatic heterocycles. The van der Waals surface area contributed by atoms with E-state index < -0.39 is 0 Å². The van der Waals surface area contributed by atoms with Crippen LogP contribution in [0.15, 0.2) is 60.7 Å². The molecule has 28 heavy (non-hydrogen) atoms. The molecule has 1 aromatic heterocycles. The number of nitrogens with zero attached hydrogens (tertiary/aromatic N) is 2. The molecule has 1 amide bonds. The van der Waals surface area contributed by atoms with Crippen LogP contribution >= 0.6 is 11.3 Å². The fourth-order valence-corrected chi connectivity index (χ4v) is 4.14. The number of ether oxygens (including phenoxy) is 1. The van der Waals surface area contributed by atoms with Crippen molar-refractivity contribution in [1.82, 2.24) is 15.2 Å². The molecule has 6 heteroatoms. The van der Waals surface area contributed by atoms with E-state index in [9.17, 15) is 4.79 Å². The third-order valence-electron chi connectivity index (χ3n) is 4.66. The molecule has 0 aliphatic carbocycles. The smallest absolute Gasteiger partial charge is 0.244 e. The second-order valence-corrected chi connectivity index (χ2v) is 7.87. The number of fused-ring (bicyclic) bond motifs is 1. The van der Waals surface area contributed by atoms with Gasteiger partial charge in [0.05, 0.1) is 22.9 Å². The van der Waals surface area contributed by atoms with Crippen molar-refractivity contribution < 1.29 is 9.53 Å². The van der Waals surface area contributed by atoms with E-state index in [4.69, 9.17) is 4.74 Å². The van der Waals surface area contributed by atoms with Gasteiger partial charge in [-0.2, -0.15) is 0 Å². The lowest BCUT2D eigenvalue weighted by molar-refractivity contribution is -0.117. The lowest BCUT2D eigenvalue weighted by atomic mass is 10.2. The summed E-state index contributed by atoms with van der Waals surface area (Å²) in [5, 5.41) is 3.77. The van der Waals surface area contributed by atoms with Gasteiger partial charge in [-0.1, -0.05) is 42.5 Å². The van der Waals surface area contributed by atoms with Crippen LogP contribution in [0, 0.1) is 0 Å². The summed E-state index contributed by atoms with van der Waals surface area (Å²) >= 11 is 1.58. The van der Waals surface area contributed by atoms with Crippen LogP contribution in [-0.2, 0) is 16.1 Å². The number of thiazole rings is 1. The van der Waals surface area contributed by atoms with E-state index in [1.165, 1.54) is 5.56 Å². The third kappa shape index (κ3) is 5.04. The van der Waals surface area contributed by atoms with Gasteiger partial charge in [0, 0.05) is 32.3 Å². The molecular weight excluding hydrogens is 370 g/mol. The minimum absolute atomic E-state index is 0.0114. The van der Waals surface area contributed by atoms with Gasteiger partial charge in [-0.15, -0.1) is 11.3 Å². The van der Waals surface area contributed by atoms with Gasteiger partial charge < -0.3 is 10.1 Å². The molecule has 0 bridgehead atoms. The van der Waals surface area contributed by atoms with Crippen molar-refractivity contribution in [3.05, 3.63) is 71.2 Å². The number of aromatic nitrogens is 1. The van der Waals surface area contributed by atoms with Crippen molar-refractivity contribution in [2.24, 2.45) is 0 Å². The highest BCUT2D eigenvalue weighted by Gasteiger charge is 2.20. The fraction of sp³-hybridized carbons (Fsp3) is 0.273. The Hall–Kier alpha value is -2.54. The Labute approximate surface area is 168 Å². The average Bonchev–Trinajstić information content (AvgIpc) is 3.15. The zero-order chi connectivity index (χ0) is 19.2. The number of benzene rings is 2. The highest BCUT2D eigenvalue weighted by molar-refractivity contribution is 7.19. The first kappa shape index (κ1) is 18.8. The summed E-state index contributed by atoms with van der Waals surface area (Å²) in [6.45, 7) is 3.84. The number of rotatable bonds is 6. The Morgan fingerprint density at radius 2 is 2.04 bits per heavy atom. The van der Waals surface area contributed by atoms with Crippen LogP contribution < -0.4 is 5.32 Å². The van der Waals surface area contributed by atoms with Gasteiger partial charge in [-0.3, -0.25) is 9.69 Å². The zero-order valence-corrected chi connectivity index (χ0v) is 16.4. The van der Waals surface area contributed by atoms with E-state index in [1.54, 1.807) is 23.5 Å². The fourth-order valence-electron chi connectivity index (χ4n) is 3.27. The number of carbonyl (C=O) groups excluding carboxylic acids is 1. The van der Waals surface area contributed by atoms with Crippen molar-refractivity contribution in [3.63, 3.8) is 0 Å². The minimum atomic E-state index is -0.122. The van der Waals surface area contributed by atoms with E-state index in [0.29, 0.717) is 13.2 Å². The first-order chi connectivity index (χ1) is 13.8. The zero-order valence-electron chi connectivity index (χ0n) is 15.6. The molecule has 0 spiro atoms. The van der Waals surface area contributed by atoms with Crippen LogP contribution in [0.1, 0.15) is 10.6 Å². The van der Waals surface area contributed by atoms with Gasteiger partial charge in [-0.05, 0) is 23.8 Å². The largest absolute Gasteiger partial charge is 0.374 e. The van der Waals surface area contributed by atoms with Gasteiger partial charge in [0.2, 0.25) is 5.91 Å². The molecule has 1 N–H and O–H groups in total. The van der Waals surface area contributed by atoms with Crippen LogP contribution in [0.5, 0.6) is 0 Å². The molecule has 144 valence electrons. The predicted molar refractivity (Wildman–Crippen MR) is 113 cm³/mol. The number of morpholine rings is 1. The number of hydrogen-bond donors (Lipinski definition) is 1. The van der Waals surface area contributed by atoms with Crippen molar-refractivity contribution in [2.45, 2.75) is 12.6 Å². The Balaban J connectivity index is 1.25. The summed E-state index contributed by atoms with van der Waals surface area (Å²) in [6.07, 6.45) is 3.32. The van der Waals surface area contributed by atoms with Crippen LogP contribution in [0.4, 0.5) is 0 Å². The molecule has 1 atom stereocenters. The number of amides is 1. The highest BCUT2D eigenvalue weighted by Crippen LogP contribution is 2.22. The molecule has 1 saturated heterocycles. The Bertz CT molecular complexity index is 922. The summed E-state index contributed by atoms with van der Waals surface area (Å²) < 4.78 is 6.93. The maximum absolute atomic E-state index is 12.2.